The van der Waals surface area contributed by atoms with Crippen molar-refractivity contribution >= 4 is 15.9 Å². The van der Waals surface area contributed by atoms with Crippen LogP contribution in [0.3, 0.4) is 0 Å². The van der Waals surface area contributed by atoms with E-state index in [4.69, 9.17) is 5.73 Å². The molecule has 0 atom stereocenters. The van der Waals surface area contributed by atoms with Crippen molar-refractivity contribution in [1.82, 2.24) is 4.73 Å². The van der Waals surface area contributed by atoms with Gasteiger partial charge in [-0.1, -0.05) is 0 Å². The maximum Gasteiger partial charge on any atom is 0.163 e. The maximum absolute atomic E-state index is 9.35. The predicted octanol–water partition coefficient (Wildman–Crippen LogP) is 0.737. The van der Waals surface area contributed by atoms with Crippen LogP contribution in [0.1, 0.15) is 6.42 Å². The highest BCUT2D eigenvalue weighted by Gasteiger charge is 1.90. The third-order valence-electron chi connectivity index (χ3n) is 1.51. The highest BCUT2D eigenvalue weighted by Crippen LogP contribution is 2.03. The van der Waals surface area contributed by atoms with Gasteiger partial charge in [-0.2, -0.15) is 4.73 Å². The molecule has 1 aromatic rings. The minimum atomic E-state index is 0.539. The van der Waals surface area contributed by atoms with E-state index in [1.54, 1.807) is 12.3 Å². The minimum Gasteiger partial charge on any atom is -0.427 e. The first-order chi connectivity index (χ1) is 6.24. The van der Waals surface area contributed by atoms with Crippen LogP contribution >= 0.6 is 15.9 Å². The van der Waals surface area contributed by atoms with Crippen LogP contribution in [0, 0.1) is 0 Å². The van der Waals surface area contributed by atoms with Gasteiger partial charge in [0.2, 0.25) is 0 Å². The van der Waals surface area contributed by atoms with E-state index in [1.165, 1.54) is 0 Å². The fourth-order valence-corrected chi connectivity index (χ4v) is 1.19. The molecule has 1 rings (SSSR count). The predicted molar refractivity (Wildman–Crippen MR) is 53.4 cm³/mol. The van der Waals surface area contributed by atoms with Gasteiger partial charge in [-0.3, -0.25) is 4.99 Å². The highest BCUT2D eigenvalue weighted by atomic mass is 79.9. The van der Waals surface area contributed by atoms with Crippen LogP contribution < -0.4 is 11.2 Å². The second-order valence-electron chi connectivity index (χ2n) is 2.57. The summed E-state index contributed by atoms with van der Waals surface area (Å²) < 4.78 is 1.80. The summed E-state index contributed by atoms with van der Waals surface area (Å²) in [5.74, 6) is 0. The molecule has 3 N–H and O–H groups in total. The van der Waals surface area contributed by atoms with E-state index in [2.05, 4.69) is 20.9 Å². The molecule has 0 saturated carbocycles. The maximum atomic E-state index is 9.35. The molecule has 13 heavy (non-hydrogen) atoms. The topological polar surface area (TPSA) is 63.5 Å². The summed E-state index contributed by atoms with van der Waals surface area (Å²) in [6.07, 6.45) is 2.37. The number of pyridine rings is 1. The van der Waals surface area contributed by atoms with Crippen molar-refractivity contribution in [3.63, 3.8) is 0 Å². The number of hydrogen-bond donors (Lipinski definition) is 2. The quantitative estimate of drug-likeness (QED) is 0.610. The van der Waals surface area contributed by atoms with Crippen LogP contribution in [0.2, 0.25) is 0 Å². The van der Waals surface area contributed by atoms with Gasteiger partial charge in [-0.25, -0.2) is 0 Å². The first-order valence-electron chi connectivity index (χ1n) is 4.02. The van der Waals surface area contributed by atoms with Crippen molar-refractivity contribution in [2.75, 3.05) is 13.1 Å². The largest absolute Gasteiger partial charge is 0.427 e. The van der Waals surface area contributed by atoms with Crippen LogP contribution in [0.4, 0.5) is 0 Å². The van der Waals surface area contributed by atoms with Gasteiger partial charge in [0.25, 0.3) is 0 Å². The molecule has 0 fully saturated rings. The Labute approximate surface area is 84.8 Å². The summed E-state index contributed by atoms with van der Waals surface area (Å²) in [5.41, 5.74) is 5.86. The van der Waals surface area contributed by atoms with E-state index in [0.717, 1.165) is 15.6 Å². The molecule has 0 radical (unpaired) electrons. The van der Waals surface area contributed by atoms with Gasteiger partial charge in [0.15, 0.2) is 5.49 Å². The molecule has 0 aliphatic heterocycles. The smallest absolute Gasteiger partial charge is 0.163 e. The van der Waals surface area contributed by atoms with Gasteiger partial charge in [-0.15, -0.1) is 0 Å². The molecule has 72 valence electrons. The molecule has 1 aromatic heterocycles. The summed E-state index contributed by atoms with van der Waals surface area (Å²) in [4.78, 5) is 4.15. The van der Waals surface area contributed by atoms with E-state index in [9.17, 15) is 5.21 Å². The van der Waals surface area contributed by atoms with Gasteiger partial charge in [-0.05, 0) is 41.0 Å². The number of halogens is 1. The van der Waals surface area contributed by atoms with Crippen molar-refractivity contribution in [3.05, 3.63) is 28.3 Å². The van der Waals surface area contributed by atoms with E-state index in [1.807, 2.05) is 6.07 Å². The lowest BCUT2D eigenvalue weighted by atomic mass is 10.4. The van der Waals surface area contributed by atoms with Crippen LogP contribution in [0.15, 0.2) is 27.8 Å². The number of aromatic nitrogens is 1. The molecule has 5 heteroatoms. The van der Waals surface area contributed by atoms with Crippen LogP contribution in [0.5, 0.6) is 0 Å². The molecule has 0 aromatic carbocycles. The Balaban J connectivity index is 2.82. The van der Waals surface area contributed by atoms with Crippen LogP contribution in [0.25, 0.3) is 0 Å². The van der Waals surface area contributed by atoms with Crippen molar-refractivity contribution in [3.8, 4) is 0 Å². The molecule has 1 heterocycles. The lowest BCUT2D eigenvalue weighted by molar-refractivity contribution is 0.171. The lowest BCUT2D eigenvalue weighted by Crippen LogP contribution is -2.18. The second kappa shape index (κ2) is 5.04. The SMILES string of the molecule is NCCCN=c1ccc(Br)cn1O. The Morgan fingerprint density at radius 3 is 2.92 bits per heavy atom. The van der Waals surface area contributed by atoms with E-state index in [-0.39, 0.29) is 0 Å². The third-order valence-corrected chi connectivity index (χ3v) is 1.98. The monoisotopic (exact) mass is 245 g/mol. The molecule has 0 amide bonds. The fourth-order valence-electron chi connectivity index (χ4n) is 0.867. The Morgan fingerprint density at radius 1 is 1.54 bits per heavy atom. The Bertz CT molecular complexity index is 334. The normalized spacial score (nSPS) is 12.0. The molecule has 0 unspecified atom stereocenters. The minimum absolute atomic E-state index is 0.539. The van der Waals surface area contributed by atoms with Crippen molar-refractivity contribution in [2.24, 2.45) is 10.7 Å². The zero-order valence-electron chi connectivity index (χ0n) is 7.15. The Hall–Kier alpha value is -0.810. The Kier molecular flexibility index (Phi) is 3.98. The zero-order chi connectivity index (χ0) is 9.68. The molecular formula is C8H12BrN3O. The van der Waals surface area contributed by atoms with Gasteiger partial charge in [0.1, 0.15) is 0 Å². The molecule has 0 aliphatic rings. The summed E-state index contributed by atoms with van der Waals surface area (Å²) in [6, 6.07) is 3.56. The van der Waals surface area contributed by atoms with Crippen molar-refractivity contribution in [2.45, 2.75) is 6.42 Å². The average Bonchev–Trinajstić information content (AvgIpc) is 2.09. The highest BCUT2D eigenvalue weighted by molar-refractivity contribution is 9.10. The van der Waals surface area contributed by atoms with Gasteiger partial charge in [0.05, 0.1) is 6.20 Å². The van der Waals surface area contributed by atoms with Crippen LogP contribution in [-0.2, 0) is 0 Å². The first-order valence-corrected chi connectivity index (χ1v) is 4.81. The molecule has 0 spiro atoms. The summed E-state index contributed by atoms with van der Waals surface area (Å²) in [7, 11) is 0. The molecule has 0 bridgehead atoms. The zero-order valence-corrected chi connectivity index (χ0v) is 8.74. The van der Waals surface area contributed by atoms with E-state index < -0.39 is 0 Å². The van der Waals surface area contributed by atoms with E-state index >= 15 is 0 Å². The van der Waals surface area contributed by atoms with E-state index in [0.29, 0.717) is 18.6 Å². The first kappa shape index (κ1) is 10.3. The number of nitrogens with zero attached hydrogens (tertiary/aromatic N) is 2. The average molecular weight is 246 g/mol. The standard InChI is InChI=1S/C8H12BrN3O/c9-7-2-3-8(12(13)6-7)11-5-1-4-10/h2-3,6,13H,1,4-5,10H2. The number of nitrogens with two attached hydrogens (primary N) is 1. The van der Waals surface area contributed by atoms with Crippen LogP contribution in [-0.4, -0.2) is 23.0 Å². The van der Waals surface area contributed by atoms with Gasteiger partial charge in [0, 0.05) is 11.0 Å². The molecule has 0 saturated heterocycles. The Morgan fingerprint density at radius 2 is 2.31 bits per heavy atom. The lowest BCUT2D eigenvalue weighted by Gasteiger charge is -1.98. The molecular weight excluding hydrogens is 234 g/mol. The van der Waals surface area contributed by atoms with Gasteiger partial charge >= 0.3 is 0 Å². The van der Waals surface area contributed by atoms with Crippen molar-refractivity contribution in [1.29, 1.82) is 0 Å². The summed E-state index contributed by atoms with van der Waals surface area (Å²) >= 11 is 3.24. The van der Waals surface area contributed by atoms with Gasteiger partial charge < -0.3 is 10.9 Å². The number of hydrogen-bond acceptors (Lipinski definition) is 3. The molecule has 0 aliphatic carbocycles. The fraction of sp³-hybridized carbons (Fsp3) is 0.375. The van der Waals surface area contributed by atoms with Crippen molar-refractivity contribution < 1.29 is 5.21 Å². The number of rotatable bonds is 3. The summed E-state index contributed by atoms with van der Waals surface area (Å²) in [6.45, 7) is 1.25. The summed E-state index contributed by atoms with van der Waals surface area (Å²) in [5, 5.41) is 9.35. The molecule has 4 nitrogen and oxygen atoms in total. The second-order valence-corrected chi connectivity index (χ2v) is 3.49. The third kappa shape index (κ3) is 3.20.